The maximum Gasteiger partial charge on any atom is 0.106 e. The standard InChI is InChI=1S/C14H24N2S2/c1-4-6-11-13(9-15-10(2)3)18-14(16-11)12-7-5-8-17-12/h10,12,15H,4-9H2,1-3H3. The minimum Gasteiger partial charge on any atom is -0.310 e. The van der Waals surface area contributed by atoms with E-state index < -0.39 is 0 Å². The van der Waals surface area contributed by atoms with Crippen LogP contribution in [0.2, 0.25) is 0 Å². The van der Waals surface area contributed by atoms with Crippen LogP contribution in [0.15, 0.2) is 0 Å². The van der Waals surface area contributed by atoms with Gasteiger partial charge in [0.25, 0.3) is 0 Å². The second kappa shape index (κ2) is 6.92. The molecular formula is C14H24N2S2. The summed E-state index contributed by atoms with van der Waals surface area (Å²) in [5.74, 6) is 1.31. The number of aryl methyl sites for hydroxylation is 1. The summed E-state index contributed by atoms with van der Waals surface area (Å²) in [6.45, 7) is 7.63. The zero-order chi connectivity index (χ0) is 13.0. The summed E-state index contributed by atoms with van der Waals surface area (Å²) in [5.41, 5.74) is 1.35. The fourth-order valence-corrected chi connectivity index (χ4v) is 4.75. The van der Waals surface area contributed by atoms with Crippen LogP contribution >= 0.6 is 23.1 Å². The zero-order valence-electron chi connectivity index (χ0n) is 11.7. The third-order valence-corrected chi connectivity index (χ3v) is 5.90. The van der Waals surface area contributed by atoms with E-state index in [0.29, 0.717) is 11.3 Å². The lowest BCUT2D eigenvalue weighted by Gasteiger charge is -2.07. The molecule has 18 heavy (non-hydrogen) atoms. The molecule has 1 aliphatic heterocycles. The zero-order valence-corrected chi connectivity index (χ0v) is 13.3. The fraction of sp³-hybridized carbons (Fsp3) is 0.786. The first-order chi connectivity index (χ1) is 8.70. The van der Waals surface area contributed by atoms with Crippen LogP contribution in [-0.2, 0) is 13.0 Å². The molecule has 0 aromatic carbocycles. The summed E-state index contributed by atoms with van der Waals surface area (Å²) in [6.07, 6.45) is 5.00. The van der Waals surface area contributed by atoms with Gasteiger partial charge in [-0.15, -0.1) is 11.3 Å². The Balaban J connectivity index is 2.09. The summed E-state index contributed by atoms with van der Waals surface area (Å²) in [5, 5.41) is 5.58. The van der Waals surface area contributed by atoms with Crippen LogP contribution in [0.5, 0.6) is 0 Å². The maximum atomic E-state index is 4.92. The fourth-order valence-electron chi connectivity index (χ4n) is 2.18. The number of thioether (sulfide) groups is 1. The average Bonchev–Trinajstić information content (AvgIpc) is 2.95. The van der Waals surface area contributed by atoms with Crippen molar-refractivity contribution in [3.8, 4) is 0 Å². The van der Waals surface area contributed by atoms with Crippen LogP contribution < -0.4 is 5.32 Å². The number of aromatic nitrogens is 1. The molecule has 2 rings (SSSR count). The van der Waals surface area contributed by atoms with Gasteiger partial charge in [-0.1, -0.05) is 27.2 Å². The van der Waals surface area contributed by atoms with E-state index in [1.54, 1.807) is 0 Å². The molecule has 1 saturated heterocycles. The lowest BCUT2D eigenvalue weighted by Crippen LogP contribution is -2.21. The van der Waals surface area contributed by atoms with Crippen LogP contribution in [0, 0.1) is 0 Å². The summed E-state index contributed by atoms with van der Waals surface area (Å²) in [7, 11) is 0. The van der Waals surface area contributed by atoms with Crippen LogP contribution in [0.25, 0.3) is 0 Å². The van der Waals surface area contributed by atoms with Crippen molar-refractivity contribution < 1.29 is 0 Å². The Morgan fingerprint density at radius 1 is 1.44 bits per heavy atom. The van der Waals surface area contributed by atoms with Crippen molar-refractivity contribution >= 4 is 23.1 Å². The van der Waals surface area contributed by atoms with E-state index in [0.717, 1.165) is 13.0 Å². The first kappa shape index (κ1) is 14.4. The van der Waals surface area contributed by atoms with Crippen molar-refractivity contribution in [3.05, 3.63) is 15.6 Å². The Kier molecular flexibility index (Phi) is 5.52. The van der Waals surface area contributed by atoms with Gasteiger partial charge in [0.15, 0.2) is 0 Å². The van der Waals surface area contributed by atoms with Crippen molar-refractivity contribution in [1.29, 1.82) is 0 Å². The van der Waals surface area contributed by atoms with Crippen molar-refractivity contribution in [2.45, 2.75) is 64.3 Å². The number of hydrogen-bond donors (Lipinski definition) is 1. The molecule has 2 heterocycles. The third-order valence-electron chi connectivity index (χ3n) is 3.16. The first-order valence-corrected chi connectivity index (χ1v) is 8.90. The molecule has 0 saturated carbocycles. The summed E-state index contributed by atoms with van der Waals surface area (Å²) in [4.78, 5) is 6.38. The molecule has 102 valence electrons. The van der Waals surface area contributed by atoms with E-state index in [9.17, 15) is 0 Å². The molecule has 1 aromatic rings. The normalized spacial score (nSPS) is 19.9. The van der Waals surface area contributed by atoms with Gasteiger partial charge < -0.3 is 5.32 Å². The van der Waals surface area contributed by atoms with Crippen molar-refractivity contribution in [2.75, 3.05) is 5.75 Å². The molecule has 2 nitrogen and oxygen atoms in total. The summed E-state index contributed by atoms with van der Waals surface area (Å²) >= 11 is 4.03. The predicted molar refractivity (Wildman–Crippen MR) is 82.5 cm³/mol. The van der Waals surface area contributed by atoms with Gasteiger partial charge >= 0.3 is 0 Å². The number of thiazole rings is 1. The highest BCUT2D eigenvalue weighted by molar-refractivity contribution is 7.99. The van der Waals surface area contributed by atoms with Crippen LogP contribution in [0.1, 0.15) is 60.9 Å². The lowest BCUT2D eigenvalue weighted by atomic mass is 10.2. The number of nitrogens with one attached hydrogen (secondary N) is 1. The van der Waals surface area contributed by atoms with Gasteiger partial charge in [0.05, 0.1) is 10.9 Å². The second-order valence-corrected chi connectivity index (χ2v) is 7.64. The maximum absolute atomic E-state index is 4.92. The molecule has 0 bridgehead atoms. The molecule has 1 atom stereocenters. The second-order valence-electron chi connectivity index (χ2n) is 5.21. The van der Waals surface area contributed by atoms with Gasteiger partial charge in [-0.3, -0.25) is 0 Å². The van der Waals surface area contributed by atoms with Crippen LogP contribution in [0.4, 0.5) is 0 Å². The molecule has 0 aliphatic carbocycles. The SMILES string of the molecule is CCCc1nc(C2CCCS2)sc1CNC(C)C. The highest BCUT2D eigenvalue weighted by atomic mass is 32.2. The van der Waals surface area contributed by atoms with E-state index in [-0.39, 0.29) is 0 Å². The molecule has 4 heteroatoms. The lowest BCUT2D eigenvalue weighted by molar-refractivity contribution is 0.589. The first-order valence-electron chi connectivity index (χ1n) is 7.04. The van der Waals surface area contributed by atoms with E-state index in [1.165, 1.54) is 40.6 Å². The monoisotopic (exact) mass is 284 g/mol. The van der Waals surface area contributed by atoms with E-state index in [4.69, 9.17) is 4.98 Å². The number of rotatable bonds is 6. The van der Waals surface area contributed by atoms with Gasteiger partial charge in [-0.25, -0.2) is 4.98 Å². The van der Waals surface area contributed by atoms with Gasteiger partial charge in [-0.05, 0) is 25.0 Å². The van der Waals surface area contributed by atoms with Crippen LogP contribution in [0.3, 0.4) is 0 Å². The number of nitrogens with zero attached hydrogens (tertiary/aromatic N) is 1. The minimum atomic E-state index is 0.547. The van der Waals surface area contributed by atoms with Crippen molar-refractivity contribution in [3.63, 3.8) is 0 Å². The molecule has 1 aromatic heterocycles. The highest BCUT2D eigenvalue weighted by Crippen LogP contribution is 2.42. The molecule has 0 amide bonds. The van der Waals surface area contributed by atoms with Crippen molar-refractivity contribution in [2.24, 2.45) is 0 Å². The Bertz CT molecular complexity index is 368. The van der Waals surface area contributed by atoms with Crippen molar-refractivity contribution in [1.82, 2.24) is 10.3 Å². The third kappa shape index (κ3) is 3.72. The quantitative estimate of drug-likeness (QED) is 0.849. The Labute approximate surface area is 119 Å². The van der Waals surface area contributed by atoms with Crippen LogP contribution in [-0.4, -0.2) is 16.8 Å². The predicted octanol–water partition coefficient (Wildman–Crippen LogP) is 4.16. The van der Waals surface area contributed by atoms with Gasteiger partial charge in [0.2, 0.25) is 0 Å². The Morgan fingerprint density at radius 2 is 2.28 bits per heavy atom. The molecule has 0 radical (unpaired) electrons. The highest BCUT2D eigenvalue weighted by Gasteiger charge is 2.22. The minimum absolute atomic E-state index is 0.547. The molecular weight excluding hydrogens is 260 g/mol. The van der Waals surface area contributed by atoms with Gasteiger partial charge in [0, 0.05) is 17.5 Å². The summed E-state index contributed by atoms with van der Waals surface area (Å²) in [6, 6.07) is 0.547. The Hall–Kier alpha value is -0.0600. The topological polar surface area (TPSA) is 24.9 Å². The Morgan fingerprint density at radius 3 is 2.89 bits per heavy atom. The van der Waals surface area contributed by atoms with E-state index in [1.807, 2.05) is 11.3 Å². The van der Waals surface area contributed by atoms with Gasteiger partial charge in [-0.2, -0.15) is 11.8 Å². The molecule has 0 spiro atoms. The molecule has 1 unspecified atom stereocenters. The summed E-state index contributed by atoms with van der Waals surface area (Å²) < 4.78 is 0. The average molecular weight is 284 g/mol. The van der Waals surface area contributed by atoms with Gasteiger partial charge in [0.1, 0.15) is 5.01 Å². The number of hydrogen-bond acceptors (Lipinski definition) is 4. The largest absolute Gasteiger partial charge is 0.310 e. The molecule has 1 N–H and O–H groups in total. The molecule has 1 fully saturated rings. The smallest absolute Gasteiger partial charge is 0.106 e. The van der Waals surface area contributed by atoms with E-state index in [2.05, 4.69) is 37.8 Å². The van der Waals surface area contributed by atoms with E-state index >= 15 is 0 Å². The molecule has 1 aliphatic rings.